The number of thiophene rings is 1. The van der Waals surface area contributed by atoms with Crippen LogP contribution in [-0.4, -0.2) is 42.7 Å². The third kappa shape index (κ3) is 4.86. The molecule has 33 heavy (non-hydrogen) atoms. The Morgan fingerprint density at radius 2 is 1.79 bits per heavy atom. The summed E-state index contributed by atoms with van der Waals surface area (Å²) in [6, 6.07) is 18.3. The van der Waals surface area contributed by atoms with Gasteiger partial charge in [-0.05, 0) is 41.6 Å². The SMILES string of the molecule is COc1ccc(C2SCC(C(=O)NC(C)c3ccccc3)N2C(=O)c2cccs2)cc1OC. The number of rotatable bonds is 7. The molecule has 1 fully saturated rings. The van der Waals surface area contributed by atoms with E-state index >= 15 is 0 Å². The predicted octanol–water partition coefficient (Wildman–Crippen LogP) is 4.90. The van der Waals surface area contributed by atoms with Gasteiger partial charge < -0.3 is 19.7 Å². The molecule has 1 aromatic heterocycles. The summed E-state index contributed by atoms with van der Waals surface area (Å²) in [5.74, 6) is 1.40. The van der Waals surface area contributed by atoms with Crippen molar-refractivity contribution in [3.63, 3.8) is 0 Å². The van der Waals surface area contributed by atoms with Crippen LogP contribution in [0, 0.1) is 0 Å². The summed E-state index contributed by atoms with van der Waals surface area (Å²) in [5, 5.41) is 4.65. The zero-order valence-electron chi connectivity index (χ0n) is 18.7. The molecule has 172 valence electrons. The second-order valence-corrected chi connectivity index (χ2v) is 9.71. The van der Waals surface area contributed by atoms with Crippen LogP contribution in [-0.2, 0) is 4.79 Å². The van der Waals surface area contributed by atoms with Gasteiger partial charge in [0.25, 0.3) is 5.91 Å². The standard InChI is InChI=1S/C25H26N2O4S2/c1-16(17-8-5-4-6-9-17)26-23(28)19-15-33-25(27(19)24(29)22-10-7-13-32-22)18-11-12-20(30-2)21(14-18)31-3/h4-14,16,19,25H,15H2,1-3H3,(H,26,28). The lowest BCUT2D eigenvalue weighted by Gasteiger charge is -2.30. The van der Waals surface area contributed by atoms with Gasteiger partial charge in [0.05, 0.1) is 25.1 Å². The Labute approximate surface area is 201 Å². The van der Waals surface area contributed by atoms with Gasteiger partial charge in [-0.2, -0.15) is 0 Å². The first-order valence-electron chi connectivity index (χ1n) is 10.6. The Hall–Kier alpha value is -2.97. The van der Waals surface area contributed by atoms with Gasteiger partial charge in [-0.3, -0.25) is 9.59 Å². The maximum absolute atomic E-state index is 13.5. The third-order valence-electron chi connectivity index (χ3n) is 5.62. The van der Waals surface area contributed by atoms with Crippen molar-refractivity contribution in [1.82, 2.24) is 10.2 Å². The topological polar surface area (TPSA) is 67.9 Å². The molecular formula is C25H26N2O4S2. The molecule has 0 bridgehead atoms. The molecule has 1 aliphatic rings. The van der Waals surface area contributed by atoms with Crippen LogP contribution in [0.4, 0.5) is 0 Å². The van der Waals surface area contributed by atoms with Gasteiger partial charge >= 0.3 is 0 Å². The highest BCUT2D eigenvalue weighted by Gasteiger charge is 2.43. The zero-order valence-corrected chi connectivity index (χ0v) is 20.3. The Balaban J connectivity index is 1.63. The van der Waals surface area contributed by atoms with Crippen molar-refractivity contribution in [1.29, 1.82) is 0 Å². The van der Waals surface area contributed by atoms with E-state index in [1.54, 1.807) is 36.9 Å². The number of hydrogen-bond acceptors (Lipinski definition) is 6. The van der Waals surface area contributed by atoms with E-state index < -0.39 is 6.04 Å². The average Bonchev–Trinajstić information content (AvgIpc) is 3.54. The quantitative estimate of drug-likeness (QED) is 0.519. The highest BCUT2D eigenvalue weighted by atomic mass is 32.2. The number of amides is 2. The summed E-state index contributed by atoms with van der Waals surface area (Å²) in [6.07, 6.45) is 0. The van der Waals surface area contributed by atoms with Crippen molar-refractivity contribution >= 4 is 34.9 Å². The summed E-state index contributed by atoms with van der Waals surface area (Å²) < 4.78 is 10.8. The molecule has 3 atom stereocenters. The zero-order chi connectivity index (χ0) is 23.4. The van der Waals surface area contributed by atoms with Crippen LogP contribution in [0.5, 0.6) is 11.5 Å². The molecule has 4 rings (SSSR count). The first-order chi connectivity index (χ1) is 16.0. The molecule has 0 radical (unpaired) electrons. The minimum Gasteiger partial charge on any atom is -0.493 e. The van der Waals surface area contributed by atoms with Gasteiger partial charge in [0, 0.05) is 5.75 Å². The monoisotopic (exact) mass is 482 g/mol. The fraction of sp³-hybridized carbons (Fsp3) is 0.280. The minimum absolute atomic E-state index is 0.151. The molecule has 8 heteroatoms. The number of thioether (sulfide) groups is 1. The van der Waals surface area contributed by atoms with Crippen LogP contribution in [0.2, 0.25) is 0 Å². The Kier molecular flexibility index (Phi) is 7.25. The molecule has 0 aliphatic carbocycles. The summed E-state index contributed by atoms with van der Waals surface area (Å²) in [5.41, 5.74) is 1.90. The molecule has 3 aromatic rings. The summed E-state index contributed by atoms with van der Waals surface area (Å²) >= 11 is 2.95. The second-order valence-electron chi connectivity index (χ2n) is 7.65. The maximum atomic E-state index is 13.5. The van der Waals surface area contributed by atoms with Crippen molar-refractivity contribution < 1.29 is 19.1 Å². The largest absolute Gasteiger partial charge is 0.493 e. The molecular weight excluding hydrogens is 456 g/mol. The highest BCUT2D eigenvalue weighted by molar-refractivity contribution is 7.99. The molecule has 1 saturated heterocycles. The lowest BCUT2D eigenvalue weighted by atomic mass is 10.1. The number of hydrogen-bond donors (Lipinski definition) is 1. The lowest BCUT2D eigenvalue weighted by Crippen LogP contribution is -2.48. The van der Waals surface area contributed by atoms with Gasteiger partial charge in [0.15, 0.2) is 11.5 Å². The number of methoxy groups -OCH3 is 2. The molecule has 3 unspecified atom stereocenters. The molecule has 2 aromatic carbocycles. The first kappa shape index (κ1) is 23.2. The van der Waals surface area contributed by atoms with Crippen LogP contribution in [0.1, 0.15) is 39.1 Å². The number of carbonyl (C=O) groups is 2. The molecule has 1 aliphatic heterocycles. The number of nitrogens with zero attached hydrogens (tertiary/aromatic N) is 1. The summed E-state index contributed by atoms with van der Waals surface area (Å²) in [7, 11) is 3.17. The van der Waals surface area contributed by atoms with Crippen LogP contribution >= 0.6 is 23.1 Å². The van der Waals surface area contributed by atoms with E-state index in [1.807, 2.05) is 66.9 Å². The molecule has 0 spiro atoms. The molecule has 2 heterocycles. The fourth-order valence-electron chi connectivity index (χ4n) is 3.88. The second kappa shape index (κ2) is 10.3. The Morgan fingerprint density at radius 3 is 2.45 bits per heavy atom. The lowest BCUT2D eigenvalue weighted by molar-refractivity contribution is -0.125. The van der Waals surface area contributed by atoms with Crippen molar-refractivity contribution in [2.24, 2.45) is 0 Å². The van der Waals surface area contributed by atoms with Gasteiger partial charge in [-0.25, -0.2) is 0 Å². The summed E-state index contributed by atoms with van der Waals surface area (Å²) in [6.45, 7) is 1.95. The van der Waals surface area contributed by atoms with E-state index in [-0.39, 0.29) is 23.2 Å². The summed E-state index contributed by atoms with van der Waals surface area (Å²) in [4.78, 5) is 29.2. The number of nitrogens with one attached hydrogen (secondary N) is 1. The van der Waals surface area contributed by atoms with Crippen molar-refractivity contribution in [3.05, 3.63) is 82.0 Å². The van der Waals surface area contributed by atoms with E-state index in [0.29, 0.717) is 22.1 Å². The maximum Gasteiger partial charge on any atom is 0.265 e. The van der Waals surface area contributed by atoms with Gasteiger partial charge in [-0.15, -0.1) is 23.1 Å². The molecule has 6 nitrogen and oxygen atoms in total. The van der Waals surface area contributed by atoms with E-state index in [2.05, 4.69) is 5.32 Å². The van der Waals surface area contributed by atoms with E-state index in [4.69, 9.17) is 9.47 Å². The van der Waals surface area contributed by atoms with Gasteiger partial charge in [0.2, 0.25) is 5.91 Å². The number of ether oxygens (including phenoxy) is 2. The first-order valence-corrected chi connectivity index (χ1v) is 12.5. The van der Waals surface area contributed by atoms with E-state index in [9.17, 15) is 9.59 Å². The van der Waals surface area contributed by atoms with E-state index in [0.717, 1.165) is 11.1 Å². The van der Waals surface area contributed by atoms with Gasteiger partial charge in [-0.1, -0.05) is 42.5 Å². The van der Waals surface area contributed by atoms with Crippen LogP contribution in [0.25, 0.3) is 0 Å². The Bertz CT molecular complexity index is 1100. The van der Waals surface area contributed by atoms with Gasteiger partial charge in [0.1, 0.15) is 11.4 Å². The van der Waals surface area contributed by atoms with Crippen LogP contribution in [0.3, 0.4) is 0 Å². The number of carbonyl (C=O) groups excluding carboxylic acids is 2. The Morgan fingerprint density at radius 1 is 1.03 bits per heavy atom. The fourth-order valence-corrected chi connectivity index (χ4v) is 5.97. The predicted molar refractivity (Wildman–Crippen MR) is 132 cm³/mol. The van der Waals surface area contributed by atoms with Crippen LogP contribution < -0.4 is 14.8 Å². The van der Waals surface area contributed by atoms with Crippen molar-refractivity contribution in [2.45, 2.75) is 24.4 Å². The van der Waals surface area contributed by atoms with Crippen molar-refractivity contribution in [2.75, 3.05) is 20.0 Å². The highest BCUT2D eigenvalue weighted by Crippen LogP contribution is 2.44. The smallest absolute Gasteiger partial charge is 0.265 e. The van der Waals surface area contributed by atoms with Crippen LogP contribution in [0.15, 0.2) is 66.0 Å². The third-order valence-corrected chi connectivity index (χ3v) is 7.80. The normalized spacial score (nSPS) is 18.6. The molecule has 2 amide bonds. The van der Waals surface area contributed by atoms with E-state index in [1.165, 1.54) is 11.3 Å². The average molecular weight is 483 g/mol. The minimum atomic E-state index is -0.589. The van der Waals surface area contributed by atoms with Crippen molar-refractivity contribution in [3.8, 4) is 11.5 Å². The molecule has 0 saturated carbocycles. The molecule has 1 N–H and O–H groups in total. The number of benzene rings is 2.